The van der Waals surface area contributed by atoms with Crippen molar-refractivity contribution in [1.82, 2.24) is 4.57 Å². The second kappa shape index (κ2) is 6.41. The summed E-state index contributed by atoms with van der Waals surface area (Å²) in [6.45, 7) is 3.52. The Hall–Kier alpha value is -2.73. The number of carboxylic acids is 1. The third-order valence-corrected chi connectivity index (χ3v) is 4.81. The van der Waals surface area contributed by atoms with Gasteiger partial charge in [-0.3, -0.25) is 4.79 Å². The Balaban J connectivity index is 2.17. The minimum Gasteiger partial charge on any atom is -0.480 e. The number of carbonyl (C=O) groups excluding carboxylic acids is 1. The zero-order valence-electron chi connectivity index (χ0n) is 13.3. The van der Waals surface area contributed by atoms with Crippen LogP contribution in [0.25, 0.3) is 10.2 Å². The van der Waals surface area contributed by atoms with Crippen molar-refractivity contribution in [1.29, 1.82) is 0 Å². The average molecular weight is 340 g/mol. The molecule has 0 saturated heterocycles. The van der Waals surface area contributed by atoms with Gasteiger partial charge in [-0.25, -0.2) is 4.79 Å². The van der Waals surface area contributed by atoms with Crippen LogP contribution in [0.15, 0.2) is 53.5 Å². The minimum atomic E-state index is -0.970. The van der Waals surface area contributed by atoms with E-state index in [1.54, 1.807) is 23.6 Å². The van der Waals surface area contributed by atoms with Gasteiger partial charge < -0.3 is 9.67 Å². The van der Waals surface area contributed by atoms with Gasteiger partial charge in [0, 0.05) is 5.56 Å². The van der Waals surface area contributed by atoms with Crippen LogP contribution in [0.1, 0.15) is 28.9 Å². The predicted molar refractivity (Wildman–Crippen MR) is 93.2 cm³/mol. The summed E-state index contributed by atoms with van der Waals surface area (Å²) in [5.41, 5.74) is 2.29. The number of para-hydroxylation sites is 1. The number of rotatable bonds is 3. The van der Waals surface area contributed by atoms with Crippen LogP contribution in [-0.2, 0) is 4.79 Å². The van der Waals surface area contributed by atoms with E-state index in [0.717, 1.165) is 15.8 Å². The fraction of sp³-hybridized carbons (Fsp3) is 0.167. The molecule has 3 rings (SSSR count). The van der Waals surface area contributed by atoms with Crippen LogP contribution >= 0.6 is 11.3 Å². The standard InChI is InChI=1S/C18H16N2O3S/c1-11-7-9-13(10-8-11)16(21)19-18-20(12(2)17(22)23)14-5-3-4-6-15(14)24-18/h3-10,12H,1-2H3,(H,22,23). The first kappa shape index (κ1) is 16.1. The molecule has 6 heteroatoms. The van der Waals surface area contributed by atoms with Crippen LogP contribution in [-0.4, -0.2) is 21.6 Å². The average Bonchev–Trinajstić information content (AvgIpc) is 2.92. The summed E-state index contributed by atoms with van der Waals surface area (Å²) in [6.07, 6.45) is 0. The van der Waals surface area contributed by atoms with Crippen LogP contribution in [0, 0.1) is 6.92 Å². The van der Waals surface area contributed by atoms with E-state index in [0.29, 0.717) is 10.4 Å². The SMILES string of the molecule is Cc1ccc(C(=O)N=c2sc3ccccc3n2C(C)C(=O)O)cc1. The molecule has 1 amide bonds. The van der Waals surface area contributed by atoms with Crippen molar-refractivity contribution in [2.45, 2.75) is 19.9 Å². The first-order valence-corrected chi connectivity index (χ1v) is 8.27. The number of aromatic nitrogens is 1. The summed E-state index contributed by atoms with van der Waals surface area (Å²) in [5.74, 6) is -1.35. The molecule has 122 valence electrons. The lowest BCUT2D eigenvalue weighted by Gasteiger charge is -2.09. The maximum absolute atomic E-state index is 12.4. The van der Waals surface area contributed by atoms with Crippen molar-refractivity contribution in [3.63, 3.8) is 0 Å². The van der Waals surface area contributed by atoms with Crippen LogP contribution < -0.4 is 4.80 Å². The third kappa shape index (κ3) is 3.00. The molecule has 0 fully saturated rings. The Bertz CT molecular complexity index is 983. The molecule has 2 aromatic carbocycles. The molecule has 0 aliphatic heterocycles. The molecule has 1 unspecified atom stereocenters. The molecule has 3 aromatic rings. The molecule has 5 nitrogen and oxygen atoms in total. The van der Waals surface area contributed by atoms with Crippen molar-refractivity contribution in [3.8, 4) is 0 Å². The Labute approximate surface area is 142 Å². The van der Waals surface area contributed by atoms with Gasteiger partial charge in [0.05, 0.1) is 10.2 Å². The quantitative estimate of drug-likeness (QED) is 0.794. The number of fused-ring (bicyclic) bond motifs is 1. The molecule has 0 spiro atoms. The molecular formula is C18H16N2O3S. The van der Waals surface area contributed by atoms with E-state index in [1.165, 1.54) is 11.3 Å². The first-order chi connectivity index (χ1) is 11.5. The largest absolute Gasteiger partial charge is 0.480 e. The summed E-state index contributed by atoms with van der Waals surface area (Å²) in [6, 6.07) is 13.8. The van der Waals surface area contributed by atoms with Gasteiger partial charge in [0.1, 0.15) is 6.04 Å². The zero-order valence-corrected chi connectivity index (χ0v) is 14.1. The van der Waals surface area contributed by atoms with Gasteiger partial charge in [-0.15, -0.1) is 0 Å². The van der Waals surface area contributed by atoms with E-state index in [1.807, 2.05) is 43.3 Å². The molecule has 0 bridgehead atoms. The summed E-state index contributed by atoms with van der Waals surface area (Å²) in [7, 11) is 0. The third-order valence-electron chi connectivity index (χ3n) is 3.77. The van der Waals surface area contributed by atoms with Crippen molar-refractivity contribution in [2.24, 2.45) is 4.99 Å². The van der Waals surface area contributed by atoms with Crippen LogP contribution in [0.3, 0.4) is 0 Å². The monoisotopic (exact) mass is 340 g/mol. The molecule has 0 radical (unpaired) electrons. The van der Waals surface area contributed by atoms with Crippen molar-refractivity contribution in [3.05, 3.63) is 64.5 Å². The van der Waals surface area contributed by atoms with E-state index in [2.05, 4.69) is 4.99 Å². The number of nitrogens with zero attached hydrogens (tertiary/aromatic N) is 2. The number of thiazole rings is 1. The van der Waals surface area contributed by atoms with E-state index < -0.39 is 12.0 Å². The molecule has 0 aliphatic carbocycles. The number of aliphatic carboxylic acids is 1. The highest BCUT2D eigenvalue weighted by molar-refractivity contribution is 7.16. The summed E-state index contributed by atoms with van der Waals surface area (Å²) in [4.78, 5) is 28.4. The minimum absolute atomic E-state index is 0.382. The molecule has 1 atom stereocenters. The highest BCUT2D eigenvalue weighted by Gasteiger charge is 2.18. The van der Waals surface area contributed by atoms with Gasteiger partial charge in [-0.2, -0.15) is 4.99 Å². The van der Waals surface area contributed by atoms with Gasteiger partial charge >= 0.3 is 5.97 Å². The summed E-state index contributed by atoms with van der Waals surface area (Å²) < 4.78 is 2.48. The van der Waals surface area contributed by atoms with Gasteiger partial charge in [0.25, 0.3) is 5.91 Å². The molecule has 24 heavy (non-hydrogen) atoms. The molecule has 1 heterocycles. The number of benzene rings is 2. The Morgan fingerprint density at radius 2 is 1.79 bits per heavy atom. The highest BCUT2D eigenvalue weighted by Crippen LogP contribution is 2.20. The fourth-order valence-electron chi connectivity index (χ4n) is 2.40. The zero-order chi connectivity index (χ0) is 17.3. The van der Waals surface area contributed by atoms with Crippen LogP contribution in [0.2, 0.25) is 0 Å². The van der Waals surface area contributed by atoms with Gasteiger partial charge in [0.15, 0.2) is 4.80 Å². The summed E-state index contributed by atoms with van der Waals surface area (Å²) >= 11 is 1.31. The Morgan fingerprint density at radius 1 is 1.12 bits per heavy atom. The lowest BCUT2D eigenvalue weighted by atomic mass is 10.1. The normalized spacial score (nSPS) is 13.2. The topological polar surface area (TPSA) is 71.7 Å². The Kier molecular flexibility index (Phi) is 4.31. The molecular weight excluding hydrogens is 324 g/mol. The van der Waals surface area contributed by atoms with Crippen LogP contribution in [0.5, 0.6) is 0 Å². The van der Waals surface area contributed by atoms with E-state index >= 15 is 0 Å². The lowest BCUT2D eigenvalue weighted by Crippen LogP contribution is -2.25. The van der Waals surface area contributed by atoms with Crippen molar-refractivity contribution < 1.29 is 14.7 Å². The van der Waals surface area contributed by atoms with Gasteiger partial charge in [-0.1, -0.05) is 41.2 Å². The van der Waals surface area contributed by atoms with Crippen molar-refractivity contribution >= 4 is 33.4 Å². The number of hydrogen-bond acceptors (Lipinski definition) is 3. The lowest BCUT2D eigenvalue weighted by molar-refractivity contribution is -0.140. The number of carbonyl (C=O) groups is 2. The van der Waals surface area contributed by atoms with Gasteiger partial charge in [-0.05, 0) is 38.1 Å². The predicted octanol–water partition coefficient (Wildman–Crippen LogP) is 3.40. The van der Waals surface area contributed by atoms with E-state index in [9.17, 15) is 14.7 Å². The number of aryl methyl sites for hydroxylation is 1. The van der Waals surface area contributed by atoms with Crippen molar-refractivity contribution in [2.75, 3.05) is 0 Å². The first-order valence-electron chi connectivity index (χ1n) is 7.46. The molecule has 0 saturated carbocycles. The van der Waals surface area contributed by atoms with E-state index in [4.69, 9.17) is 0 Å². The Morgan fingerprint density at radius 3 is 2.46 bits per heavy atom. The number of amides is 1. The maximum atomic E-state index is 12.4. The second-order valence-electron chi connectivity index (χ2n) is 5.52. The highest BCUT2D eigenvalue weighted by atomic mass is 32.1. The fourth-order valence-corrected chi connectivity index (χ4v) is 3.50. The van der Waals surface area contributed by atoms with Crippen LogP contribution in [0.4, 0.5) is 0 Å². The smallest absolute Gasteiger partial charge is 0.326 e. The second-order valence-corrected chi connectivity index (χ2v) is 6.53. The number of carboxylic acid groups (broad SMARTS) is 1. The molecule has 1 N–H and O–H groups in total. The van der Waals surface area contributed by atoms with Gasteiger partial charge in [0.2, 0.25) is 0 Å². The summed E-state index contributed by atoms with van der Waals surface area (Å²) in [5, 5.41) is 9.38. The number of hydrogen-bond donors (Lipinski definition) is 1. The molecule has 0 aliphatic rings. The maximum Gasteiger partial charge on any atom is 0.326 e. The molecule has 1 aromatic heterocycles. The van der Waals surface area contributed by atoms with E-state index in [-0.39, 0.29) is 5.91 Å².